The fraction of sp³-hybridized carbons (Fsp3) is 0.250. The highest BCUT2D eigenvalue weighted by atomic mass is 35.5. The summed E-state index contributed by atoms with van der Waals surface area (Å²) in [4.78, 5) is 25.0. The van der Waals surface area contributed by atoms with Crippen LogP contribution >= 0.6 is 11.6 Å². The van der Waals surface area contributed by atoms with Crippen molar-refractivity contribution >= 4 is 40.6 Å². The van der Waals surface area contributed by atoms with Gasteiger partial charge in [-0.2, -0.15) is 0 Å². The number of nitrogens with one attached hydrogen (secondary N) is 1. The number of halogens is 1. The molecule has 0 aliphatic carbocycles. The van der Waals surface area contributed by atoms with E-state index in [1.807, 2.05) is 12.1 Å². The van der Waals surface area contributed by atoms with E-state index in [1.54, 1.807) is 19.2 Å². The van der Waals surface area contributed by atoms with E-state index >= 15 is 0 Å². The molecule has 152 valence electrons. The van der Waals surface area contributed by atoms with Gasteiger partial charge in [0.15, 0.2) is 0 Å². The smallest absolute Gasteiger partial charge is 0.288 e. The van der Waals surface area contributed by atoms with Gasteiger partial charge < -0.3 is 19.7 Å². The third kappa shape index (κ3) is 5.24. The number of benzene rings is 2. The van der Waals surface area contributed by atoms with Gasteiger partial charge in [-0.1, -0.05) is 17.7 Å². The second-order valence-electron chi connectivity index (χ2n) is 6.27. The molecule has 0 aromatic heterocycles. The van der Waals surface area contributed by atoms with Crippen molar-refractivity contribution in [3.8, 4) is 5.75 Å². The van der Waals surface area contributed by atoms with Crippen molar-refractivity contribution in [1.29, 1.82) is 0 Å². The van der Waals surface area contributed by atoms with E-state index in [4.69, 9.17) is 21.1 Å². The maximum atomic E-state index is 12.5. The first-order valence-corrected chi connectivity index (χ1v) is 9.29. The third-order valence-corrected chi connectivity index (χ3v) is 4.73. The van der Waals surface area contributed by atoms with E-state index in [0.29, 0.717) is 30.2 Å². The molecule has 0 unspecified atom stereocenters. The minimum Gasteiger partial charge on any atom is -0.497 e. The Morgan fingerprint density at radius 2 is 2.03 bits per heavy atom. The van der Waals surface area contributed by atoms with Gasteiger partial charge in [-0.3, -0.25) is 14.9 Å². The van der Waals surface area contributed by atoms with E-state index in [-0.39, 0.29) is 16.6 Å². The molecular weight excluding hydrogens is 398 g/mol. The number of carbonyl (C=O) groups excluding carboxylic acids is 1. The first-order chi connectivity index (χ1) is 14.0. The summed E-state index contributed by atoms with van der Waals surface area (Å²) in [5.41, 5.74) is 1.77. The van der Waals surface area contributed by atoms with Crippen molar-refractivity contribution < 1.29 is 19.2 Å². The Morgan fingerprint density at radius 3 is 2.72 bits per heavy atom. The maximum absolute atomic E-state index is 12.5. The number of anilines is 2. The number of methoxy groups -OCH3 is 1. The van der Waals surface area contributed by atoms with Crippen molar-refractivity contribution in [3.05, 3.63) is 63.2 Å². The SMILES string of the molecule is COc1ccc(N2CCOCC2)c(NC(=O)/C=C/c2ccc(Cl)c([N+](=O)[O-])c2)c1. The fourth-order valence-electron chi connectivity index (χ4n) is 2.94. The molecule has 2 aromatic carbocycles. The van der Waals surface area contributed by atoms with Gasteiger partial charge in [-0.05, 0) is 29.8 Å². The molecule has 0 atom stereocenters. The summed E-state index contributed by atoms with van der Waals surface area (Å²) in [6.45, 7) is 2.68. The molecule has 0 radical (unpaired) electrons. The van der Waals surface area contributed by atoms with Crippen LogP contribution in [0, 0.1) is 10.1 Å². The second kappa shape index (κ2) is 9.40. The number of ether oxygens (including phenoxy) is 2. The predicted molar refractivity (Wildman–Crippen MR) is 112 cm³/mol. The molecule has 9 heteroatoms. The van der Waals surface area contributed by atoms with Gasteiger partial charge in [0.05, 0.1) is 36.6 Å². The molecule has 1 heterocycles. The van der Waals surface area contributed by atoms with Gasteiger partial charge in [0.2, 0.25) is 5.91 Å². The molecule has 1 saturated heterocycles. The number of hydrogen-bond donors (Lipinski definition) is 1. The lowest BCUT2D eigenvalue weighted by molar-refractivity contribution is -0.384. The van der Waals surface area contributed by atoms with Crippen LogP contribution in [0.15, 0.2) is 42.5 Å². The van der Waals surface area contributed by atoms with Crippen molar-refractivity contribution in [2.75, 3.05) is 43.6 Å². The number of nitrogens with zero attached hydrogens (tertiary/aromatic N) is 2. The number of rotatable bonds is 6. The van der Waals surface area contributed by atoms with Gasteiger partial charge in [0.25, 0.3) is 5.69 Å². The largest absolute Gasteiger partial charge is 0.497 e. The van der Waals surface area contributed by atoms with Crippen LogP contribution in [-0.4, -0.2) is 44.2 Å². The zero-order chi connectivity index (χ0) is 20.8. The Bertz CT molecular complexity index is 942. The van der Waals surface area contributed by atoms with Crippen LogP contribution in [0.1, 0.15) is 5.56 Å². The number of morpholine rings is 1. The number of carbonyl (C=O) groups is 1. The number of nitro benzene ring substituents is 1. The fourth-order valence-corrected chi connectivity index (χ4v) is 3.13. The monoisotopic (exact) mass is 417 g/mol. The lowest BCUT2D eigenvalue weighted by Gasteiger charge is -2.30. The lowest BCUT2D eigenvalue weighted by atomic mass is 10.2. The van der Waals surface area contributed by atoms with Crippen LogP contribution < -0.4 is 15.0 Å². The molecule has 1 N–H and O–H groups in total. The van der Waals surface area contributed by atoms with Gasteiger partial charge in [-0.15, -0.1) is 0 Å². The Hall–Kier alpha value is -3.10. The van der Waals surface area contributed by atoms with Crippen molar-refractivity contribution in [2.24, 2.45) is 0 Å². The van der Waals surface area contributed by atoms with E-state index in [2.05, 4.69) is 10.2 Å². The topological polar surface area (TPSA) is 93.9 Å². The summed E-state index contributed by atoms with van der Waals surface area (Å²) in [5, 5.41) is 13.9. The summed E-state index contributed by atoms with van der Waals surface area (Å²) >= 11 is 5.81. The molecule has 2 aromatic rings. The van der Waals surface area contributed by atoms with Gasteiger partial charge in [-0.25, -0.2) is 0 Å². The number of nitro groups is 1. The van der Waals surface area contributed by atoms with Crippen molar-refractivity contribution in [3.63, 3.8) is 0 Å². The van der Waals surface area contributed by atoms with Crippen molar-refractivity contribution in [1.82, 2.24) is 0 Å². The Balaban J connectivity index is 1.78. The summed E-state index contributed by atoms with van der Waals surface area (Å²) in [6.07, 6.45) is 2.81. The van der Waals surface area contributed by atoms with Crippen LogP contribution in [-0.2, 0) is 9.53 Å². The molecule has 29 heavy (non-hydrogen) atoms. The van der Waals surface area contributed by atoms with E-state index in [1.165, 1.54) is 24.3 Å². The zero-order valence-electron chi connectivity index (χ0n) is 15.8. The first kappa shape index (κ1) is 20.6. The summed E-state index contributed by atoms with van der Waals surface area (Å²) in [7, 11) is 1.56. The standard InChI is InChI=1S/C20H20ClN3O5/c1-28-15-4-6-18(23-8-10-29-11-9-23)17(13-15)22-20(25)7-3-14-2-5-16(21)19(12-14)24(26)27/h2-7,12-13H,8-11H2,1H3,(H,22,25)/b7-3+. The highest BCUT2D eigenvalue weighted by Gasteiger charge is 2.17. The molecule has 1 aliphatic heterocycles. The van der Waals surface area contributed by atoms with Crippen LogP contribution in [0.3, 0.4) is 0 Å². The lowest BCUT2D eigenvalue weighted by Crippen LogP contribution is -2.36. The minimum atomic E-state index is -0.565. The van der Waals surface area contributed by atoms with Crippen LogP contribution in [0.2, 0.25) is 5.02 Å². The molecule has 0 spiro atoms. The van der Waals surface area contributed by atoms with Crippen LogP contribution in [0.4, 0.5) is 17.1 Å². The number of amides is 1. The minimum absolute atomic E-state index is 0.0446. The zero-order valence-corrected chi connectivity index (χ0v) is 16.5. The Kier molecular flexibility index (Phi) is 6.69. The molecule has 3 rings (SSSR count). The van der Waals surface area contributed by atoms with E-state index in [0.717, 1.165) is 18.8 Å². The van der Waals surface area contributed by atoms with Crippen LogP contribution in [0.5, 0.6) is 5.75 Å². The normalized spacial score (nSPS) is 14.1. The van der Waals surface area contributed by atoms with E-state index in [9.17, 15) is 14.9 Å². The highest BCUT2D eigenvalue weighted by molar-refractivity contribution is 6.32. The third-order valence-electron chi connectivity index (χ3n) is 4.41. The quantitative estimate of drug-likeness (QED) is 0.437. The van der Waals surface area contributed by atoms with Crippen LogP contribution in [0.25, 0.3) is 6.08 Å². The Labute approximate surface area is 172 Å². The molecule has 1 amide bonds. The van der Waals surface area contributed by atoms with E-state index < -0.39 is 4.92 Å². The molecule has 0 saturated carbocycles. The summed E-state index contributed by atoms with van der Waals surface area (Å²) < 4.78 is 10.7. The predicted octanol–water partition coefficient (Wildman–Crippen LogP) is 3.75. The second-order valence-corrected chi connectivity index (χ2v) is 6.68. The Morgan fingerprint density at radius 1 is 1.28 bits per heavy atom. The molecule has 8 nitrogen and oxygen atoms in total. The van der Waals surface area contributed by atoms with Gasteiger partial charge in [0.1, 0.15) is 10.8 Å². The summed E-state index contributed by atoms with van der Waals surface area (Å²) in [5.74, 6) is 0.250. The number of hydrogen-bond acceptors (Lipinski definition) is 6. The maximum Gasteiger partial charge on any atom is 0.288 e. The highest BCUT2D eigenvalue weighted by Crippen LogP contribution is 2.31. The molecular formula is C20H20ClN3O5. The van der Waals surface area contributed by atoms with Gasteiger partial charge >= 0.3 is 0 Å². The summed E-state index contributed by atoms with van der Waals surface area (Å²) in [6, 6.07) is 9.83. The van der Waals surface area contributed by atoms with Gasteiger partial charge in [0, 0.05) is 31.3 Å². The molecule has 0 bridgehead atoms. The molecule has 1 fully saturated rings. The average molecular weight is 418 g/mol. The molecule has 1 aliphatic rings. The average Bonchev–Trinajstić information content (AvgIpc) is 2.73. The van der Waals surface area contributed by atoms with Crippen molar-refractivity contribution in [2.45, 2.75) is 0 Å². The first-order valence-electron chi connectivity index (χ1n) is 8.91.